The van der Waals surface area contributed by atoms with Crippen LogP contribution < -0.4 is 11.3 Å². The lowest BCUT2D eigenvalue weighted by molar-refractivity contribution is 0.638. The zero-order chi connectivity index (χ0) is 10.8. The summed E-state index contributed by atoms with van der Waals surface area (Å²) in [5.41, 5.74) is 5.19. The zero-order valence-corrected chi connectivity index (χ0v) is 12.3. The van der Waals surface area contributed by atoms with Crippen LogP contribution in [-0.4, -0.2) is 0 Å². The van der Waals surface area contributed by atoms with Crippen LogP contribution in [0.25, 0.3) is 0 Å². The molecule has 0 radical (unpaired) electrons. The summed E-state index contributed by atoms with van der Waals surface area (Å²) < 4.78 is 2.21. The third-order valence-electron chi connectivity index (χ3n) is 2.04. The molecule has 2 rings (SSSR count). The highest BCUT2D eigenvalue weighted by molar-refractivity contribution is 9.11. The Kier molecular flexibility index (Phi) is 3.98. The van der Waals surface area contributed by atoms with E-state index in [9.17, 15) is 0 Å². The van der Waals surface area contributed by atoms with Gasteiger partial charge in [0.2, 0.25) is 0 Å². The van der Waals surface area contributed by atoms with Crippen LogP contribution in [0.4, 0.5) is 0 Å². The van der Waals surface area contributed by atoms with Crippen molar-refractivity contribution in [2.24, 2.45) is 5.84 Å². The summed E-state index contributed by atoms with van der Waals surface area (Å²) in [6.45, 7) is 0. The maximum absolute atomic E-state index is 5.60. The first-order valence-electron chi connectivity index (χ1n) is 4.14. The summed E-state index contributed by atoms with van der Waals surface area (Å²) in [5, 5.41) is 6.25. The molecule has 2 nitrogen and oxygen atoms in total. The van der Waals surface area contributed by atoms with Crippen molar-refractivity contribution < 1.29 is 0 Å². The second-order valence-electron chi connectivity index (χ2n) is 2.96. The van der Waals surface area contributed by atoms with Gasteiger partial charge in [-0.25, -0.2) is 5.43 Å². The lowest BCUT2D eigenvalue weighted by atomic mass is 10.1. The Hall–Kier alpha value is 0.280. The molecule has 0 aliphatic heterocycles. The highest BCUT2D eigenvalue weighted by Gasteiger charge is 2.17. The summed E-state index contributed by atoms with van der Waals surface area (Å²) in [5.74, 6) is 5.60. The molecule has 1 atom stereocenters. The first kappa shape index (κ1) is 11.8. The van der Waals surface area contributed by atoms with Crippen molar-refractivity contribution in [2.45, 2.75) is 6.04 Å². The second-order valence-corrected chi connectivity index (χ2v) is 6.85. The SMILES string of the molecule is NNC(c1csc(Br)c1)c1cscc1Br. The van der Waals surface area contributed by atoms with Crippen LogP contribution >= 0.6 is 54.5 Å². The van der Waals surface area contributed by atoms with E-state index in [0.717, 1.165) is 8.26 Å². The molecule has 2 aromatic heterocycles. The third-order valence-corrected chi connectivity index (χ3v) is 5.32. The van der Waals surface area contributed by atoms with E-state index in [1.54, 1.807) is 22.7 Å². The molecule has 0 spiro atoms. The number of halogens is 2. The van der Waals surface area contributed by atoms with Crippen LogP contribution in [0, 0.1) is 0 Å². The maximum atomic E-state index is 5.60. The van der Waals surface area contributed by atoms with Gasteiger partial charge in [0.15, 0.2) is 0 Å². The average Bonchev–Trinajstić information content (AvgIpc) is 2.79. The number of hydrogen-bond acceptors (Lipinski definition) is 4. The van der Waals surface area contributed by atoms with E-state index >= 15 is 0 Å². The zero-order valence-electron chi connectivity index (χ0n) is 7.54. The van der Waals surface area contributed by atoms with Crippen molar-refractivity contribution >= 4 is 54.5 Å². The number of hydrogen-bond donors (Lipinski definition) is 2. The van der Waals surface area contributed by atoms with Crippen LogP contribution in [0.15, 0.2) is 30.5 Å². The molecular formula is C9H8Br2N2S2. The standard InChI is InChI=1S/C9H8Br2N2S2/c10-7-4-14-3-6(7)9(13-12)5-1-8(11)15-2-5/h1-4,9,13H,12H2. The van der Waals surface area contributed by atoms with Gasteiger partial charge in [-0.05, 0) is 59.8 Å². The fourth-order valence-electron chi connectivity index (χ4n) is 1.34. The van der Waals surface area contributed by atoms with E-state index in [2.05, 4.69) is 59.5 Å². The Labute approximate surface area is 113 Å². The molecule has 80 valence electrons. The fourth-order valence-corrected chi connectivity index (χ4v) is 4.09. The van der Waals surface area contributed by atoms with E-state index in [1.165, 1.54) is 11.1 Å². The Bertz CT molecular complexity index is 452. The van der Waals surface area contributed by atoms with Crippen molar-refractivity contribution in [3.63, 3.8) is 0 Å². The van der Waals surface area contributed by atoms with Gasteiger partial charge in [-0.15, -0.1) is 11.3 Å². The number of thiophene rings is 2. The number of nitrogens with two attached hydrogens (primary N) is 1. The minimum Gasteiger partial charge on any atom is -0.271 e. The first-order valence-corrected chi connectivity index (χ1v) is 7.55. The van der Waals surface area contributed by atoms with Crippen LogP contribution in [-0.2, 0) is 0 Å². The fraction of sp³-hybridized carbons (Fsp3) is 0.111. The molecule has 3 N–H and O–H groups in total. The summed E-state index contributed by atoms with van der Waals surface area (Å²) in [6.07, 6.45) is 0. The van der Waals surface area contributed by atoms with Gasteiger partial charge in [0.1, 0.15) is 0 Å². The molecule has 15 heavy (non-hydrogen) atoms. The molecule has 0 bridgehead atoms. The molecule has 6 heteroatoms. The number of rotatable bonds is 3. The molecule has 2 heterocycles. The largest absolute Gasteiger partial charge is 0.271 e. The first-order chi connectivity index (χ1) is 7.22. The molecule has 0 saturated carbocycles. The van der Waals surface area contributed by atoms with Crippen molar-refractivity contribution in [2.75, 3.05) is 0 Å². The van der Waals surface area contributed by atoms with E-state index in [0.29, 0.717) is 0 Å². The van der Waals surface area contributed by atoms with Gasteiger partial charge in [0, 0.05) is 9.85 Å². The predicted molar refractivity (Wildman–Crippen MR) is 73.2 cm³/mol. The lowest BCUT2D eigenvalue weighted by Crippen LogP contribution is -2.28. The van der Waals surface area contributed by atoms with Crippen LogP contribution in [0.3, 0.4) is 0 Å². The van der Waals surface area contributed by atoms with Gasteiger partial charge >= 0.3 is 0 Å². The molecule has 0 fully saturated rings. The van der Waals surface area contributed by atoms with Crippen molar-refractivity contribution in [3.05, 3.63) is 41.6 Å². The van der Waals surface area contributed by atoms with Crippen molar-refractivity contribution in [1.82, 2.24) is 5.43 Å². The Morgan fingerprint density at radius 1 is 1.27 bits per heavy atom. The third kappa shape index (κ3) is 2.51. The second kappa shape index (κ2) is 5.07. The number of hydrazine groups is 1. The predicted octanol–water partition coefficient (Wildman–Crippen LogP) is 3.89. The Balaban J connectivity index is 2.36. The topological polar surface area (TPSA) is 38.0 Å². The van der Waals surface area contributed by atoms with Crippen LogP contribution in [0.2, 0.25) is 0 Å². The number of nitrogens with one attached hydrogen (secondary N) is 1. The molecule has 0 aliphatic rings. The van der Waals surface area contributed by atoms with E-state index in [-0.39, 0.29) is 6.04 Å². The Morgan fingerprint density at radius 3 is 2.53 bits per heavy atom. The Morgan fingerprint density at radius 2 is 2.07 bits per heavy atom. The van der Waals surface area contributed by atoms with E-state index < -0.39 is 0 Å². The lowest BCUT2D eigenvalue weighted by Gasteiger charge is -2.13. The quantitative estimate of drug-likeness (QED) is 0.638. The maximum Gasteiger partial charge on any atom is 0.0737 e. The summed E-state index contributed by atoms with van der Waals surface area (Å²) >= 11 is 10.3. The van der Waals surface area contributed by atoms with Crippen LogP contribution in [0.1, 0.15) is 17.2 Å². The molecule has 0 saturated heterocycles. The minimum absolute atomic E-state index is 0.0492. The molecule has 0 aromatic carbocycles. The minimum atomic E-state index is 0.0492. The van der Waals surface area contributed by atoms with E-state index in [4.69, 9.17) is 5.84 Å². The van der Waals surface area contributed by atoms with E-state index in [1.807, 2.05) is 0 Å². The van der Waals surface area contributed by atoms with Gasteiger partial charge in [-0.1, -0.05) is 0 Å². The van der Waals surface area contributed by atoms with Crippen molar-refractivity contribution in [3.8, 4) is 0 Å². The highest BCUT2D eigenvalue weighted by atomic mass is 79.9. The molecule has 0 amide bonds. The average molecular weight is 368 g/mol. The summed E-state index contributed by atoms with van der Waals surface area (Å²) in [6, 6.07) is 2.13. The molecule has 0 aliphatic carbocycles. The molecular weight excluding hydrogens is 360 g/mol. The van der Waals surface area contributed by atoms with Gasteiger partial charge in [-0.2, -0.15) is 11.3 Å². The van der Waals surface area contributed by atoms with Gasteiger partial charge in [-0.3, -0.25) is 5.84 Å². The smallest absolute Gasteiger partial charge is 0.0737 e. The summed E-state index contributed by atoms with van der Waals surface area (Å²) in [4.78, 5) is 0. The highest BCUT2D eigenvalue weighted by Crippen LogP contribution is 2.34. The van der Waals surface area contributed by atoms with Crippen LogP contribution in [0.5, 0.6) is 0 Å². The molecule has 1 unspecified atom stereocenters. The monoisotopic (exact) mass is 366 g/mol. The van der Waals surface area contributed by atoms with Gasteiger partial charge in [0.05, 0.1) is 9.83 Å². The summed E-state index contributed by atoms with van der Waals surface area (Å²) in [7, 11) is 0. The normalized spacial score (nSPS) is 13.0. The van der Waals surface area contributed by atoms with Gasteiger partial charge in [0.25, 0.3) is 0 Å². The van der Waals surface area contributed by atoms with Gasteiger partial charge < -0.3 is 0 Å². The van der Waals surface area contributed by atoms with Crippen molar-refractivity contribution in [1.29, 1.82) is 0 Å². The molecule has 2 aromatic rings.